The van der Waals surface area contributed by atoms with Crippen LogP contribution >= 0.6 is 0 Å². The van der Waals surface area contributed by atoms with E-state index >= 15 is 0 Å². The summed E-state index contributed by atoms with van der Waals surface area (Å²) in [5, 5.41) is 2.23. The molecule has 6 aromatic carbocycles. The quantitative estimate of drug-likeness (QED) is 0.121. The fourth-order valence-electron chi connectivity index (χ4n) is 10.2. The van der Waals surface area contributed by atoms with E-state index in [2.05, 4.69) is 279 Å². The van der Waals surface area contributed by atoms with Crippen LogP contribution in [0.15, 0.2) is 134 Å². The van der Waals surface area contributed by atoms with Crippen LogP contribution in [-0.2, 0) is 42.7 Å². The summed E-state index contributed by atoms with van der Waals surface area (Å²) >= 11 is 0. The molecule has 0 spiro atoms. The second-order valence-corrected chi connectivity index (χ2v) is 25.1. The molecule has 0 saturated carbocycles. The largest absolute Gasteiger partial charge is 0.509 e. The maximum atomic E-state index is 6.95. The Morgan fingerprint density at radius 1 is 0.527 bits per heavy atom. The molecule has 3 heterocycles. The summed E-state index contributed by atoms with van der Waals surface area (Å²) in [6, 6.07) is 50.2. The van der Waals surface area contributed by atoms with E-state index < -0.39 is 0 Å². The number of fused-ring (bicyclic) bond motifs is 3. The molecule has 8 aromatic rings. The minimum Gasteiger partial charge on any atom is -0.509 e. The molecule has 0 amide bonds. The Kier molecular flexibility index (Phi) is 14.9. The van der Waals surface area contributed by atoms with E-state index in [0.717, 1.165) is 44.6 Å². The van der Waals surface area contributed by atoms with Crippen LogP contribution in [-0.4, -0.2) is 9.55 Å². The molecule has 1 aliphatic heterocycles. The van der Waals surface area contributed by atoms with Crippen LogP contribution in [0.4, 0.5) is 11.4 Å². The van der Waals surface area contributed by atoms with Crippen LogP contribution in [0.3, 0.4) is 0 Å². The van der Waals surface area contributed by atoms with E-state index in [0.29, 0.717) is 29.3 Å². The second-order valence-electron chi connectivity index (χ2n) is 25.1. The molecular formula is C68H77N4OPt-3. The summed E-state index contributed by atoms with van der Waals surface area (Å²) < 4.78 is 9.23. The first kappa shape index (κ1) is 54.4. The van der Waals surface area contributed by atoms with E-state index in [-0.39, 0.29) is 42.7 Å². The Bertz CT molecular complexity index is 3310. The zero-order valence-electron chi connectivity index (χ0n) is 47.0. The molecule has 0 atom stereocenters. The number of hydrogen-bond donors (Lipinski definition) is 0. The van der Waals surface area contributed by atoms with E-state index in [1.54, 1.807) is 0 Å². The average molecular weight is 1160 g/mol. The van der Waals surface area contributed by atoms with Gasteiger partial charge in [0.2, 0.25) is 0 Å². The molecule has 6 heteroatoms. The average Bonchev–Trinajstić information content (AvgIpc) is 3.96. The van der Waals surface area contributed by atoms with Gasteiger partial charge in [0.15, 0.2) is 0 Å². The Labute approximate surface area is 458 Å². The summed E-state index contributed by atoms with van der Waals surface area (Å²) in [7, 11) is 0. The number of ether oxygens (including phenoxy) is 1. The van der Waals surface area contributed by atoms with E-state index in [1.807, 2.05) is 6.20 Å². The molecule has 2 aromatic heterocycles. The third-order valence-corrected chi connectivity index (χ3v) is 15.0. The number of benzene rings is 6. The van der Waals surface area contributed by atoms with Crippen molar-refractivity contribution in [1.29, 1.82) is 0 Å². The van der Waals surface area contributed by atoms with Gasteiger partial charge in [-0.25, -0.2) is 4.98 Å². The molecule has 0 unspecified atom stereocenters. The van der Waals surface area contributed by atoms with E-state index in [9.17, 15) is 0 Å². The van der Waals surface area contributed by atoms with E-state index in [4.69, 9.17) is 9.72 Å². The number of anilines is 2. The van der Waals surface area contributed by atoms with Gasteiger partial charge in [-0.2, -0.15) is 6.07 Å². The Morgan fingerprint density at radius 2 is 1.14 bits per heavy atom. The third kappa shape index (κ3) is 10.8. The fourth-order valence-corrected chi connectivity index (χ4v) is 10.2. The van der Waals surface area contributed by atoms with E-state index in [1.165, 1.54) is 50.1 Å². The van der Waals surface area contributed by atoms with Crippen molar-refractivity contribution in [3.8, 4) is 28.4 Å². The number of hydrogen-bond acceptors (Lipinski definition) is 4. The summed E-state index contributed by atoms with van der Waals surface area (Å²) in [5.74, 6) is 3.19. The number of aromatic nitrogens is 2. The fraction of sp³-hybridized carbons (Fsp3) is 0.353. The Balaban J connectivity index is 0.00000729. The molecule has 9 rings (SSSR count). The first-order valence-electron chi connectivity index (χ1n) is 26.5. The van der Waals surface area contributed by atoms with Crippen molar-refractivity contribution in [3.05, 3.63) is 197 Å². The molecule has 1 aliphatic rings. The van der Waals surface area contributed by atoms with Gasteiger partial charge in [0.25, 0.3) is 0 Å². The smallest absolute Gasteiger partial charge is 0.136 e. The Hall–Kier alpha value is -5.90. The molecule has 0 bridgehead atoms. The van der Waals surface area contributed by atoms with Gasteiger partial charge in [0, 0.05) is 55.4 Å². The number of rotatable bonds is 11. The van der Waals surface area contributed by atoms with Crippen LogP contribution in [0.1, 0.15) is 180 Å². The van der Waals surface area contributed by atoms with Crippen molar-refractivity contribution in [2.24, 2.45) is 0 Å². The van der Waals surface area contributed by atoms with Crippen LogP contribution in [0.25, 0.3) is 38.8 Å². The monoisotopic (exact) mass is 1160 g/mol. The van der Waals surface area contributed by atoms with Gasteiger partial charge in [0.05, 0.1) is 0 Å². The van der Waals surface area contributed by atoms with Crippen molar-refractivity contribution in [2.45, 2.75) is 157 Å². The van der Waals surface area contributed by atoms with Gasteiger partial charge in [-0.1, -0.05) is 184 Å². The SMILES string of the molecule is CC(C)c1cc(C(C)C)c(-c2ccnc(-n3c4[c-]c(Oc5[c-]c(N6C=CN(c7cc(C(C)(C)C)cc(C(C)(C)C)c7)[CH-]6)cc(C(C)(C)C)c5)ccc4c4cc(C(C)(C)c5ccccc5)ccc43)c2)c(C(C)C)c1.[Pt]. The minimum absolute atomic E-state index is 0. The molecule has 0 N–H and O–H groups in total. The van der Waals surface area contributed by atoms with Crippen LogP contribution in [0, 0.1) is 18.8 Å². The third-order valence-electron chi connectivity index (χ3n) is 15.0. The predicted octanol–water partition coefficient (Wildman–Crippen LogP) is 18.7. The normalized spacial score (nSPS) is 13.6. The zero-order valence-corrected chi connectivity index (χ0v) is 49.3. The Morgan fingerprint density at radius 3 is 1.73 bits per heavy atom. The van der Waals surface area contributed by atoms with Crippen molar-refractivity contribution < 1.29 is 25.8 Å². The molecule has 0 radical (unpaired) electrons. The maximum absolute atomic E-state index is 6.95. The number of pyridine rings is 1. The molecular weight excluding hydrogens is 1080 g/mol. The molecule has 0 fully saturated rings. The van der Waals surface area contributed by atoms with Gasteiger partial charge in [-0.05, 0) is 132 Å². The molecule has 74 heavy (non-hydrogen) atoms. The standard InChI is InChI=1S/C68H77N4O.Pt/c1-43(2)47-31-58(44(3)4)64(59(32-47)45(5)6)46-27-28-69-63(33-46)72-61-26-23-49(68(16,17)48-21-19-18-20-22-48)39-60(61)57-25-24-55(41-62(57)72)73-56-38-52(67(13,14)15)37-54(40-56)71-30-29-70(42-71)53-35-50(65(7,8)9)34-51(36-53)66(10,11)12;/h18-39,42-45H,1-17H3;/q-3;. The van der Waals surface area contributed by atoms with Gasteiger partial charge in [-0.15, -0.1) is 53.6 Å². The minimum atomic E-state index is -0.228. The molecule has 0 aliphatic carbocycles. The second kappa shape index (κ2) is 20.3. The van der Waals surface area contributed by atoms with Gasteiger partial charge in [-0.3, -0.25) is 0 Å². The van der Waals surface area contributed by atoms with Crippen LogP contribution in [0.5, 0.6) is 11.5 Å². The van der Waals surface area contributed by atoms with Crippen molar-refractivity contribution >= 4 is 33.2 Å². The first-order valence-corrected chi connectivity index (χ1v) is 26.5. The summed E-state index contributed by atoms with van der Waals surface area (Å²) in [5.41, 5.74) is 16.5. The van der Waals surface area contributed by atoms with Crippen LogP contribution in [0.2, 0.25) is 0 Å². The molecule has 5 nitrogen and oxygen atoms in total. The van der Waals surface area contributed by atoms with Gasteiger partial charge < -0.3 is 19.1 Å². The maximum Gasteiger partial charge on any atom is 0.136 e. The zero-order chi connectivity index (χ0) is 52.5. The summed E-state index contributed by atoms with van der Waals surface area (Å²) in [4.78, 5) is 9.53. The summed E-state index contributed by atoms with van der Waals surface area (Å²) in [6.45, 7) is 41.1. The summed E-state index contributed by atoms with van der Waals surface area (Å²) in [6.07, 6.45) is 6.22. The first-order chi connectivity index (χ1) is 34.3. The number of nitrogens with zero attached hydrogens (tertiary/aromatic N) is 4. The van der Waals surface area contributed by atoms with Crippen molar-refractivity contribution in [2.75, 3.05) is 9.80 Å². The van der Waals surface area contributed by atoms with Crippen LogP contribution < -0.4 is 14.5 Å². The van der Waals surface area contributed by atoms with Crippen molar-refractivity contribution in [3.63, 3.8) is 0 Å². The molecule has 0 saturated heterocycles. The predicted molar refractivity (Wildman–Crippen MR) is 310 cm³/mol. The van der Waals surface area contributed by atoms with Gasteiger partial charge in [0.1, 0.15) is 5.82 Å². The molecule has 388 valence electrons. The topological polar surface area (TPSA) is 33.5 Å². The van der Waals surface area contributed by atoms with Crippen molar-refractivity contribution in [1.82, 2.24) is 9.55 Å². The van der Waals surface area contributed by atoms with Gasteiger partial charge >= 0.3 is 0 Å².